The molecule has 0 unspecified atom stereocenters. The average Bonchev–Trinajstić information content (AvgIpc) is 2.08. The van der Waals surface area contributed by atoms with Crippen LogP contribution >= 0.6 is 0 Å². The second-order valence-electron chi connectivity index (χ2n) is 3.90. The Morgan fingerprint density at radius 3 is 2.54 bits per heavy atom. The molecular weight excluding hydrogens is 164 g/mol. The number of nitrogens with zero attached hydrogens (tertiary/aromatic N) is 2. The third-order valence-corrected chi connectivity index (χ3v) is 2.42. The number of hydrogen-bond donors (Lipinski definition) is 0. The summed E-state index contributed by atoms with van der Waals surface area (Å²) in [5.74, 6) is 0.324. The lowest BCUT2D eigenvalue weighted by Crippen LogP contribution is -2.46. The summed E-state index contributed by atoms with van der Waals surface area (Å²) in [6, 6.07) is 0. The molecule has 0 spiro atoms. The van der Waals surface area contributed by atoms with Gasteiger partial charge in [-0.1, -0.05) is 20.4 Å². The topological polar surface area (TPSA) is 23.6 Å². The molecule has 13 heavy (non-hydrogen) atoms. The fraction of sp³-hybridized carbons (Fsp3) is 0.700. The minimum absolute atomic E-state index is 0.0937. The van der Waals surface area contributed by atoms with E-state index in [4.69, 9.17) is 0 Å². The van der Waals surface area contributed by atoms with Gasteiger partial charge in [0.05, 0.1) is 6.54 Å². The number of amides is 1. The molecule has 1 heterocycles. The molecule has 3 nitrogen and oxygen atoms in total. The van der Waals surface area contributed by atoms with Crippen LogP contribution in [-0.4, -0.2) is 42.4 Å². The maximum absolute atomic E-state index is 11.6. The van der Waals surface area contributed by atoms with Crippen LogP contribution in [0.2, 0.25) is 0 Å². The summed E-state index contributed by atoms with van der Waals surface area (Å²) in [6.07, 6.45) is 0. The maximum atomic E-state index is 11.6. The summed E-state index contributed by atoms with van der Waals surface area (Å²) in [5.41, 5.74) is 1.03. The van der Waals surface area contributed by atoms with Crippen LogP contribution in [0.25, 0.3) is 0 Å². The molecule has 1 saturated heterocycles. The van der Waals surface area contributed by atoms with Crippen molar-refractivity contribution in [3.63, 3.8) is 0 Å². The zero-order chi connectivity index (χ0) is 10.0. The van der Waals surface area contributed by atoms with Crippen LogP contribution in [0.1, 0.15) is 13.8 Å². The fourth-order valence-electron chi connectivity index (χ4n) is 1.40. The highest BCUT2D eigenvalue weighted by atomic mass is 16.2. The minimum atomic E-state index is 0.0937. The molecule has 0 aromatic carbocycles. The number of likely N-dealkylation sites (N-methyl/N-ethyl adjacent to an activating group) is 1. The van der Waals surface area contributed by atoms with E-state index in [-0.39, 0.29) is 11.8 Å². The second kappa shape index (κ2) is 3.81. The van der Waals surface area contributed by atoms with Crippen LogP contribution < -0.4 is 0 Å². The molecule has 0 bridgehead atoms. The highest BCUT2D eigenvalue weighted by Crippen LogP contribution is 2.11. The molecule has 1 aliphatic rings. The lowest BCUT2D eigenvalue weighted by atomic mass is 10.1. The van der Waals surface area contributed by atoms with Crippen molar-refractivity contribution < 1.29 is 4.79 Å². The Balaban J connectivity index is 2.55. The van der Waals surface area contributed by atoms with E-state index >= 15 is 0 Å². The van der Waals surface area contributed by atoms with Gasteiger partial charge in [0.1, 0.15) is 0 Å². The van der Waals surface area contributed by atoms with Gasteiger partial charge in [0.15, 0.2) is 0 Å². The Labute approximate surface area is 80.0 Å². The predicted octanol–water partition coefficient (Wildman–Crippen LogP) is 0.930. The van der Waals surface area contributed by atoms with Crippen molar-refractivity contribution in [3.8, 4) is 0 Å². The standard InChI is InChI=1S/C10H18N2O/c1-8(2)10(13)12-6-5-11(4)9(3)7-12/h8H,3,5-7H2,1-2,4H3. The zero-order valence-electron chi connectivity index (χ0n) is 8.71. The van der Waals surface area contributed by atoms with Gasteiger partial charge < -0.3 is 9.80 Å². The number of carbonyl (C=O) groups is 1. The van der Waals surface area contributed by atoms with Crippen molar-refractivity contribution in [1.82, 2.24) is 9.80 Å². The highest BCUT2D eigenvalue weighted by molar-refractivity contribution is 5.78. The Morgan fingerprint density at radius 2 is 2.08 bits per heavy atom. The summed E-state index contributed by atoms with van der Waals surface area (Å²) in [5, 5.41) is 0. The summed E-state index contributed by atoms with van der Waals surface area (Å²) < 4.78 is 0. The van der Waals surface area contributed by atoms with Gasteiger partial charge in [-0.05, 0) is 0 Å². The third kappa shape index (κ3) is 2.23. The van der Waals surface area contributed by atoms with Crippen molar-refractivity contribution >= 4 is 5.91 Å². The first kappa shape index (κ1) is 10.1. The van der Waals surface area contributed by atoms with Crippen LogP contribution in [0.4, 0.5) is 0 Å². The maximum Gasteiger partial charge on any atom is 0.225 e. The van der Waals surface area contributed by atoms with Gasteiger partial charge in [0, 0.05) is 31.8 Å². The molecule has 0 aliphatic carbocycles. The molecule has 1 aliphatic heterocycles. The predicted molar refractivity (Wildman–Crippen MR) is 53.2 cm³/mol. The SMILES string of the molecule is C=C1CN(C(=O)C(C)C)CCN1C. The first-order valence-electron chi connectivity index (χ1n) is 4.70. The van der Waals surface area contributed by atoms with Gasteiger partial charge in [0.25, 0.3) is 0 Å². The van der Waals surface area contributed by atoms with Crippen LogP contribution in [0.5, 0.6) is 0 Å². The van der Waals surface area contributed by atoms with Gasteiger partial charge in [-0.2, -0.15) is 0 Å². The molecule has 0 aromatic rings. The Kier molecular flexibility index (Phi) is 2.96. The first-order valence-corrected chi connectivity index (χ1v) is 4.70. The quantitative estimate of drug-likeness (QED) is 0.602. The lowest BCUT2D eigenvalue weighted by Gasteiger charge is -2.36. The molecule has 0 atom stereocenters. The smallest absolute Gasteiger partial charge is 0.225 e. The third-order valence-electron chi connectivity index (χ3n) is 2.42. The van der Waals surface area contributed by atoms with Crippen LogP contribution in [0, 0.1) is 5.92 Å². The van der Waals surface area contributed by atoms with E-state index in [1.54, 1.807) is 0 Å². The Morgan fingerprint density at radius 1 is 1.46 bits per heavy atom. The molecular formula is C10H18N2O. The molecule has 0 radical (unpaired) electrons. The minimum Gasteiger partial charge on any atom is -0.375 e. The lowest BCUT2D eigenvalue weighted by molar-refractivity contribution is -0.135. The van der Waals surface area contributed by atoms with Gasteiger partial charge in [-0.3, -0.25) is 4.79 Å². The zero-order valence-corrected chi connectivity index (χ0v) is 8.71. The van der Waals surface area contributed by atoms with Gasteiger partial charge in [-0.15, -0.1) is 0 Å². The molecule has 1 fully saturated rings. The summed E-state index contributed by atoms with van der Waals surface area (Å²) in [4.78, 5) is 15.6. The van der Waals surface area contributed by atoms with Crippen LogP contribution in [-0.2, 0) is 4.79 Å². The summed E-state index contributed by atoms with van der Waals surface area (Å²) in [6.45, 7) is 10.2. The van der Waals surface area contributed by atoms with E-state index in [1.165, 1.54) is 0 Å². The fourth-order valence-corrected chi connectivity index (χ4v) is 1.40. The van der Waals surface area contributed by atoms with Crippen molar-refractivity contribution in [2.45, 2.75) is 13.8 Å². The van der Waals surface area contributed by atoms with E-state index < -0.39 is 0 Å². The van der Waals surface area contributed by atoms with Gasteiger partial charge in [-0.25, -0.2) is 0 Å². The van der Waals surface area contributed by atoms with Gasteiger partial charge >= 0.3 is 0 Å². The number of rotatable bonds is 1. The Hall–Kier alpha value is -0.990. The second-order valence-corrected chi connectivity index (χ2v) is 3.90. The van der Waals surface area contributed by atoms with Crippen molar-refractivity contribution in [2.24, 2.45) is 5.92 Å². The summed E-state index contributed by atoms with van der Waals surface area (Å²) in [7, 11) is 2.01. The van der Waals surface area contributed by atoms with Crippen molar-refractivity contribution in [1.29, 1.82) is 0 Å². The average molecular weight is 182 g/mol. The van der Waals surface area contributed by atoms with Crippen molar-refractivity contribution in [2.75, 3.05) is 26.7 Å². The Bertz CT molecular complexity index is 223. The number of hydrogen-bond acceptors (Lipinski definition) is 2. The molecule has 1 amide bonds. The number of piperazine rings is 1. The van der Waals surface area contributed by atoms with Crippen LogP contribution in [0.3, 0.4) is 0 Å². The van der Waals surface area contributed by atoms with Crippen LogP contribution in [0.15, 0.2) is 12.3 Å². The van der Waals surface area contributed by atoms with E-state index in [0.717, 1.165) is 18.8 Å². The summed E-state index contributed by atoms with van der Waals surface area (Å²) >= 11 is 0. The first-order chi connectivity index (χ1) is 6.02. The highest BCUT2D eigenvalue weighted by Gasteiger charge is 2.22. The van der Waals surface area contributed by atoms with E-state index in [0.29, 0.717) is 6.54 Å². The number of carbonyl (C=O) groups excluding carboxylic acids is 1. The monoisotopic (exact) mass is 182 g/mol. The molecule has 3 heteroatoms. The van der Waals surface area contributed by atoms with Crippen molar-refractivity contribution in [3.05, 3.63) is 12.3 Å². The molecule has 1 rings (SSSR count). The van der Waals surface area contributed by atoms with Gasteiger partial charge in [0.2, 0.25) is 5.91 Å². The van der Waals surface area contributed by atoms with E-state index in [1.807, 2.05) is 25.8 Å². The molecule has 74 valence electrons. The van der Waals surface area contributed by atoms with E-state index in [9.17, 15) is 4.79 Å². The molecule has 0 saturated carbocycles. The molecule has 0 aromatic heterocycles. The molecule has 0 N–H and O–H groups in total. The largest absolute Gasteiger partial charge is 0.375 e. The van der Waals surface area contributed by atoms with E-state index in [2.05, 4.69) is 11.5 Å². The normalized spacial score (nSPS) is 18.3.